The Morgan fingerprint density at radius 1 is 1.35 bits per heavy atom. The number of nitro benzene ring substituents is 1. The van der Waals surface area contributed by atoms with Crippen molar-refractivity contribution in [2.45, 2.75) is 52.2 Å². The predicted molar refractivity (Wildman–Crippen MR) is 92.9 cm³/mol. The molecule has 0 bridgehead atoms. The van der Waals surface area contributed by atoms with E-state index in [0.717, 1.165) is 30.4 Å². The van der Waals surface area contributed by atoms with Crippen LogP contribution in [-0.2, 0) is 0 Å². The van der Waals surface area contributed by atoms with Gasteiger partial charge in [-0.15, -0.1) is 0 Å². The van der Waals surface area contributed by atoms with Gasteiger partial charge < -0.3 is 9.64 Å². The van der Waals surface area contributed by atoms with Gasteiger partial charge in [0, 0.05) is 12.1 Å². The quantitative estimate of drug-likeness (QED) is 0.603. The average Bonchev–Trinajstić information content (AvgIpc) is 2.48. The maximum atomic E-state index is 11.3. The summed E-state index contributed by atoms with van der Waals surface area (Å²) in [6.07, 6.45) is 5.28. The molecule has 5 heteroatoms. The van der Waals surface area contributed by atoms with Gasteiger partial charge in [-0.2, -0.15) is 0 Å². The first-order valence-corrected chi connectivity index (χ1v) is 8.11. The monoisotopic (exact) mass is 318 g/mol. The Morgan fingerprint density at radius 2 is 2.04 bits per heavy atom. The third kappa shape index (κ3) is 4.10. The Hall–Kier alpha value is -1.88. The van der Waals surface area contributed by atoms with Gasteiger partial charge in [-0.25, -0.2) is 0 Å². The highest BCUT2D eigenvalue weighted by Gasteiger charge is 2.23. The summed E-state index contributed by atoms with van der Waals surface area (Å²) in [5.74, 6) is 0.362. The van der Waals surface area contributed by atoms with Gasteiger partial charge in [-0.1, -0.05) is 6.08 Å². The largest absolute Gasteiger partial charge is 0.484 e. The van der Waals surface area contributed by atoms with E-state index in [1.54, 1.807) is 6.07 Å². The fraction of sp³-hybridized carbons (Fsp3) is 0.556. The zero-order valence-electron chi connectivity index (χ0n) is 14.6. The van der Waals surface area contributed by atoms with Crippen LogP contribution in [0.4, 0.5) is 5.69 Å². The summed E-state index contributed by atoms with van der Waals surface area (Å²) in [7, 11) is 4.21. The zero-order chi connectivity index (χ0) is 17.1. The summed E-state index contributed by atoms with van der Waals surface area (Å²) in [5.41, 5.74) is 3.32. The highest BCUT2D eigenvalue weighted by atomic mass is 16.6. The fourth-order valence-corrected chi connectivity index (χ4v) is 3.04. The summed E-state index contributed by atoms with van der Waals surface area (Å²) in [5, 5.41) is 11.3. The van der Waals surface area contributed by atoms with Crippen molar-refractivity contribution in [3.8, 4) is 5.75 Å². The van der Waals surface area contributed by atoms with E-state index in [0.29, 0.717) is 11.8 Å². The molecule has 0 heterocycles. The van der Waals surface area contributed by atoms with Gasteiger partial charge in [-0.05, 0) is 76.9 Å². The first-order valence-electron chi connectivity index (χ1n) is 8.11. The molecule has 0 spiro atoms. The van der Waals surface area contributed by atoms with E-state index in [9.17, 15) is 10.1 Å². The second-order valence-corrected chi connectivity index (χ2v) is 6.68. The lowest BCUT2D eigenvalue weighted by molar-refractivity contribution is -0.386. The van der Waals surface area contributed by atoms with Gasteiger partial charge in [0.15, 0.2) is 5.75 Å². The van der Waals surface area contributed by atoms with E-state index in [1.165, 1.54) is 5.57 Å². The molecule has 0 saturated carbocycles. The normalized spacial score (nSPS) is 18.2. The number of hydrogen-bond donors (Lipinski definition) is 0. The molecular weight excluding hydrogens is 292 g/mol. The average molecular weight is 318 g/mol. The molecule has 1 aliphatic carbocycles. The molecule has 0 fully saturated rings. The first-order chi connectivity index (χ1) is 10.8. The Morgan fingerprint density at radius 3 is 2.52 bits per heavy atom. The second-order valence-electron chi connectivity index (χ2n) is 6.68. The van der Waals surface area contributed by atoms with E-state index in [1.807, 2.05) is 26.8 Å². The van der Waals surface area contributed by atoms with Crippen LogP contribution in [0.2, 0.25) is 0 Å². The Kier molecular flexibility index (Phi) is 5.42. The third-order valence-corrected chi connectivity index (χ3v) is 4.32. The number of benzene rings is 1. The minimum Gasteiger partial charge on any atom is -0.484 e. The van der Waals surface area contributed by atoms with E-state index >= 15 is 0 Å². The summed E-state index contributed by atoms with van der Waals surface area (Å²) in [6.45, 7) is 5.69. The molecule has 0 aliphatic heterocycles. The molecule has 1 atom stereocenters. The van der Waals surface area contributed by atoms with Gasteiger partial charge in [0.2, 0.25) is 0 Å². The van der Waals surface area contributed by atoms with Crippen molar-refractivity contribution in [2.75, 3.05) is 14.1 Å². The highest BCUT2D eigenvalue weighted by Crippen LogP contribution is 2.37. The lowest BCUT2D eigenvalue weighted by atomic mass is 9.88. The molecule has 0 radical (unpaired) electrons. The van der Waals surface area contributed by atoms with E-state index in [4.69, 9.17) is 4.74 Å². The number of ether oxygens (including phenoxy) is 1. The first kappa shape index (κ1) is 17.5. The Balaban J connectivity index is 2.38. The Labute approximate surface area is 138 Å². The minimum atomic E-state index is -0.369. The molecular formula is C18H26N2O3. The topological polar surface area (TPSA) is 55.6 Å². The van der Waals surface area contributed by atoms with Gasteiger partial charge in [0.05, 0.1) is 11.0 Å². The van der Waals surface area contributed by atoms with Gasteiger partial charge in [-0.3, -0.25) is 10.1 Å². The number of allylic oxidation sites excluding steroid dienone is 1. The van der Waals surface area contributed by atoms with Crippen molar-refractivity contribution in [3.05, 3.63) is 39.4 Å². The molecule has 0 aromatic heterocycles. The number of aryl methyl sites for hydroxylation is 1. The molecule has 2 rings (SSSR count). The number of nitrogens with zero attached hydrogens (tertiary/aromatic N) is 2. The van der Waals surface area contributed by atoms with Crippen molar-refractivity contribution >= 4 is 11.3 Å². The zero-order valence-corrected chi connectivity index (χ0v) is 14.6. The number of nitro groups is 1. The Bertz CT molecular complexity index is 621. The van der Waals surface area contributed by atoms with Crippen LogP contribution in [-0.4, -0.2) is 36.1 Å². The van der Waals surface area contributed by atoms with Crippen LogP contribution in [0.3, 0.4) is 0 Å². The van der Waals surface area contributed by atoms with Crippen LogP contribution in [0, 0.1) is 17.0 Å². The molecule has 0 saturated heterocycles. The van der Waals surface area contributed by atoms with Crippen LogP contribution >= 0.6 is 0 Å². The molecule has 23 heavy (non-hydrogen) atoms. The molecule has 1 aliphatic rings. The van der Waals surface area contributed by atoms with E-state index < -0.39 is 0 Å². The van der Waals surface area contributed by atoms with Crippen LogP contribution in [0.15, 0.2) is 18.2 Å². The van der Waals surface area contributed by atoms with Crippen molar-refractivity contribution < 1.29 is 9.66 Å². The van der Waals surface area contributed by atoms with E-state index in [-0.39, 0.29) is 16.7 Å². The summed E-state index contributed by atoms with van der Waals surface area (Å²) >= 11 is 0. The van der Waals surface area contributed by atoms with Crippen LogP contribution in [0.25, 0.3) is 5.57 Å². The molecule has 0 N–H and O–H groups in total. The molecule has 0 amide bonds. The van der Waals surface area contributed by atoms with Gasteiger partial charge in [0.25, 0.3) is 0 Å². The number of rotatable bonds is 5. The van der Waals surface area contributed by atoms with Crippen molar-refractivity contribution in [3.63, 3.8) is 0 Å². The lowest BCUT2D eigenvalue weighted by Crippen LogP contribution is -2.29. The SMILES string of the molecule is Cc1cc([N+](=O)[O-])c(OC(C)C)cc1C1=CCC(N(C)C)CC1. The predicted octanol–water partition coefficient (Wildman–Crippen LogP) is 4.19. The van der Waals surface area contributed by atoms with E-state index in [2.05, 4.69) is 25.1 Å². The van der Waals surface area contributed by atoms with Crippen molar-refractivity contribution in [1.82, 2.24) is 4.90 Å². The van der Waals surface area contributed by atoms with Crippen LogP contribution in [0.1, 0.15) is 44.2 Å². The molecule has 126 valence electrons. The standard InChI is InChI=1S/C18H26N2O3/c1-12(2)23-18-11-16(13(3)10-17(18)20(21)22)14-6-8-15(9-7-14)19(4)5/h6,10-12,15H,7-9H2,1-5H3. The van der Waals surface area contributed by atoms with Crippen molar-refractivity contribution in [2.24, 2.45) is 0 Å². The van der Waals surface area contributed by atoms with Gasteiger partial charge in [0.1, 0.15) is 0 Å². The third-order valence-electron chi connectivity index (χ3n) is 4.32. The fourth-order valence-electron chi connectivity index (χ4n) is 3.04. The molecule has 5 nitrogen and oxygen atoms in total. The maximum absolute atomic E-state index is 11.3. The molecule has 1 unspecified atom stereocenters. The van der Waals surface area contributed by atoms with Crippen LogP contribution < -0.4 is 4.74 Å². The van der Waals surface area contributed by atoms with Crippen molar-refractivity contribution in [1.29, 1.82) is 0 Å². The van der Waals surface area contributed by atoms with Gasteiger partial charge >= 0.3 is 5.69 Å². The summed E-state index contributed by atoms with van der Waals surface area (Å²) in [4.78, 5) is 13.2. The summed E-state index contributed by atoms with van der Waals surface area (Å²) < 4.78 is 5.68. The minimum absolute atomic E-state index is 0.0440. The summed E-state index contributed by atoms with van der Waals surface area (Å²) in [6, 6.07) is 4.05. The second kappa shape index (κ2) is 7.13. The number of hydrogen-bond acceptors (Lipinski definition) is 4. The van der Waals surface area contributed by atoms with Crippen LogP contribution in [0.5, 0.6) is 5.75 Å². The molecule has 1 aromatic rings. The molecule has 1 aromatic carbocycles. The highest BCUT2D eigenvalue weighted by molar-refractivity contribution is 5.72. The smallest absolute Gasteiger partial charge is 0.311 e. The maximum Gasteiger partial charge on any atom is 0.311 e. The lowest BCUT2D eigenvalue weighted by Gasteiger charge is -2.28.